The van der Waals surface area contributed by atoms with Crippen LogP contribution in [0.15, 0.2) is 0 Å². The average Bonchev–Trinajstić information content (AvgIpc) is 1.64. The van der Waals surface area contributed by atoms with Crippen LogP contribution in [0, 0.1) is 17.2 Å². The van der Waals surface area contributed by atoms with Gasteiger partial charge < -0.3 is 108 Å². The van der Waals surface area contributed by atoms with Gasteiger partial charge in [0.1, 0.15) is 72.5 Å². The van der Waals surface area contributed by atoms with Gasteiger partial charge in [-0.05, 0) is 143 Å². The number of hydrogen-bond acceptors (Lipinski definition) is 19. The van der Waals surface area contributed by atoms with Gasteiger partial charge in [0.15, 0.2) is 5.96 Å². The number of primary amides is 2. The monoisotopic (exact) mass is 1360 g/mol. The molecule has 2 saturated heterocycles. The minimum absolute atomic E-state index is 0.00394. The molecule has 13 atom stereocenters. The maximum Gasteiger partial charge on any atom is 0.326 e. The van der Waals surface area contributed by atoms with Gasteiger partial charge in [-0.1, -0.05) is 27.7 Å². The third-order valence-corrected chi connectivity index (χ3v) is 16.2. The molecule has 0 saturated carbocycles. The fourth-order valence-electron chi connectivity index (χ4n) is 10.5. The largest absolute Gasteiger partial charge is 0.480 e. The van der Waals surface area contributed by atoms with Crippen molar-refractivity contribution in [2.75, 3.05) is 32.7 Å². The van der Waals surface area contributed by atoms with Gasteiger partial charge in [-0.25, -0.2) is 4.79 Å². The molecule has 2 aliphatic rings. The molecule has 2 heterocycles. The number of nitrogens with two attached hydrogens (primary N) is 6. The number of guanidine groups is 1. The Morgan fingerprint density at radius 1 is 0.438 bits per heavy atom. The van der Waals surface area contributed by atoms with Gasteiger partial charge in [0, 0.05) is 32.5 Å². The fraction of sp³-hybridized carbons (Fsp3) is 0.733. The van der Waals surface area contributed by atoms with Crippen LogP contribution in [0.1, 0.15) is 158 Å². The van der Waals surface area contributed by atoms with Crippen molar-refractivity contribution in [1.82, 2.24) is 68.3 Å². The second kappa shape index (κ2) is 41.9. The number of hydrogen-bond donors (Lipinski definition) is 19. The van der Waals surface area contributed by atoms with Crippen molar-refractivity contribution >= 4 is 94.6 Å². The van der Waals surface area contributed by atoms with Gasteiger partial charge in [-0.3, -0.25) is 72.5 Å². The van der Waals surface area contributed by atoms with Gasteiger partial charge in [0.05, 0.1) is 6.04 Å². The number of carbonyl (C=O) groups is 15. The molecule has 0 bridgehead atoms. The highest BCUT2D eigenvalue weighted by Crippen LogP contribution is 2.23. The summed E-state index contributed by atoms with van der Waals surface area (Å²) in [6, 6.07) is -16.5. The molecule has 0 radical (unpaired) electrons. The zero-order chi connectivity index (χ0) is 72.7. The van der Waals surface area contributed by atoms with Crippen molar-refractivity contribution in [1.29, 1.82) is 5.41 Å². The highest BCUT2D eigenvalue weighted by atomic mass is 16.4. The van der Waals surface area contributed by atoms with Crippen molar-refractivity contribution in [3.8, 4) is 0 Å². The van der Waals surface area contributed by atoms with E-state index in [9.17, 15) is 77.0 Å². The molecule has 542 valence electrons. The lowest BCUT2D eigenvalue weighted by atomic mass is 10.0. The highest BCUT2D eigenvalue weighted by molar-refractivity contribution is 6.00. The highest BCUT2D eigenvalue weighted by Gasteiger charge is 2.43. The molecule has 36 heteroatoms. The van der Waals surface area contributed by atoms with E-state index in [0.29, 0.717) is 38.5 Å². The van der Waals surface area contributed by atoms with Crippen LogP contribution in [-0.4, -0.2) is 221 Å². The zero-order valence-corrected chi connectivity index (χ0v) is 56.4. The van der Waals surface area contributed by atoms with Crippen molar-refractivity contribution in [3.63, 3.8) is 0 Å². The van der Waals surface area contributed by atoms with Gasteiger partial charge in [-0.2, -0.15) is 0 Å². The molecule has 96 heavy (non-hydrogen) atoms. The number of carboxylic acid groups (broad SMARTS) is 1. The lowest BCUT2D eigenvalue weighted by Crippen LogP contribution is -2.60. The van der Waals surface area contributed by atoms with E-state index in [1.807, 2.05) is 0 Å². The molecule has 25 N–H and O–H groups in total. The van der Waals surface area contributed by atoms with Gasteiger partial charge >= 0.3 is 5.97 Å². The standard InChI is InChI=1S/C60H106N20O16/c1-30(2)45(56(92)71-33(6)48(84)69-34(7)50(86)76-40(59(95)96)22-24-44(65)82)77-53(89)36(16-9-11-25-61)72-52(88)37(18-13-27-68-60(66)67)73-54(90)41-19-14-28-79(41)57(93)39(17-10-12-26-62)75-49(85)35(8)70-51(87)38(21-23-43(64)81)74-55(91)42-20-15-29-80(42)58(94)46(31(3)4)78-47(83)32(5)63/h30-42,45-46H,9-29,61-63H2,1-8H3,(H2,64,81)(H2,65,82)(H,69,84)(H,70,87)(H,71,92)(H,72,88)(H,73,90)(H,74,91)(H,75,85)(H,76,86)(H,77,89)(H,78,83)(H,95,96)(H4,66,67,68)/t32-,33-,34-,35-,36-,37-,38-,39-,40-,41-,42-,45-,46-/m0/s1. The smallest absolute Gasteiger partial charge is 0.326 e. The number of carbonyl (C=O) groups excluding carboxylic acids is 14. The number of unbranched alkanes of at least 4 members (excludes halogenated alkanes) is 2. The topological polar surface area (TPSA) is 595 Å². The SMILES string of the molecule is CC(C)[C@H](NC(=O)[C@H](CCCCN)NC(=O)[C@H](CCCNC(=N)N)NC(=O)[C@@H]1CCCN1C(=O)[C@H](CCCCN)NC(=O)[C@H](C)NC(=O)[C@H](CCC(N)=O)NC(=O)[C@@H]1CCCN1C(=O)[C@@H](NC(=O)[C@H](C)N)C(C)C)C(=O)N[C@@H](C)C(=O)N[C@@H](C)C(=O)N[C@@H](CCC(N)=O)C(=O)O. The lowest BCUT2D eigenvalue weighted by molar-refractivity contribution is -0.143. The summed E-state index contributed by atoms with van der Waals surface area (Å²) in [4.78, 5) is 203. The second-order valence-electron chi connectivity index (χ2n) is 25.0. The second-order valence-corrected chi connectivity index (χ2v) is 25.0. The molecule has 2 rings (SSSR count). The molecule has 0 spiro atoms. The van der Waals surface area contributed by atoms with E-state index in [4.69, 9.17) is 39.8 Å². The van der Waals surface area contributed by atoms with Crippen molar-refractivity contribution in [2.45, 2.75) is 237 Å². The Hall–Kier alpha value is -8.80. The van der Waals surface area contributed by atoms with Crippen LogP contribution >= 0.6 is 0 Å². The minimum atomic E-state index is -1.49. The lowest BCUT2D eigenvalue weighted by Gasteiger charge is -2.32. The van der Waals surface area contributed by atoms with Crippen molar-refractivity contribution < 1.29 is 77.0 Å². The summed E-state index contributed by atoms with van der Waals surface area (Å²) in [7, 11) is 0. The summed E-state index contributed by atoms with van der Waals surface area (Å²) in [5, 5.41) is 45.3. The molecule has 0 aromatic heterocycles. The van der Waals surface area contributed by atoms with Crippen molar-refractivity contribution in [3.05, 3.63) is 0 Å². The van der Waals surface area contributed by atoms with Crippen LogP contribution in [0.4, 0.5) is 0 Å². The van der Waals surface area contributed by atoms with E-state index in [2.05, 4.69) is 58.5 Å². The van der Waals surface area contributed by atoms with Crippen LogP contribution in [0.3, 0.4) is 0 Å². The number of aliphatic carboxylic acids is 1. The van der Waals surface area contributed by atoms with Crippen LogP contribution in [0.5, 0.6) is 0 Å². The first-order chi connectivity index (χ1) is 45.1. The summed E-state index contributed by atoms with van der Waals surface area (Å²) in [5.74, 6) is -13.8. The Morgan fingerprint density at radius 2 is 0.812 bits per heavy atom. The maximum absolute atomic E-state index is 14.6. The normalized spacial score (nSPS) is 17.8. The Kier molecular flexibility index (Phi) is 36.4. The third kappa shape index (κ3) is 28.3. The molecule has 0 unspecified atom stereocenters. The third-order valence-electron chi connectivity index (χ3n) is 16.2. The van der Waals surface area contributed by atoms with Gasteiger partial charge in [0.2, 0.25) is 82.7 Å². The Bertz CT molecular complexity index is 2740. The summed E-state index contributed by atoms with van der Waals surface area (Å²) in [6.07, 6.45) is 1.28. The first-order valence-corrected chi connectivity index (χ1v) is 32.7. The first kappa shape index (κ1) is 83.3. The number of nitrogens with zero attached hydrogens (tertiary/aromatic N) is 2. The summed E-state index contributed by atoms with van der Waals surface area (Å²) in [6.45, 7) is 12.7. The van der Waals surface area contributed by atoms with E-state index in [1.54, 1.807) is 27.7 Å². The van der Waals surface area contributed by atoms with Gasteiger partial charge in [-0.15, -0.1) is 0 Å². The van der Waals surface area contributed by atoms with E-state index < -0.39 is 179 Å². The molecule has 36 nitrogen and oxygen atoms in total. The van der Waals surface area contributed by atoms with E-state index in [0.717, 1.165) is 0 Å². The van der Waals surface area contributed by atoms with E-state index in [1.165, 1.54) is 37.5 Å². The quantitative estimate of drug-likeness (QED) is 0.0153. The first-order valence-electron chi connectivity index (χ1n) is 32.7. The summed E-state index contributed by atoms with van der Waals surface area (Å²) < 4.78 is 0. The molecule has 14 amide bonds. The number of likely N-dealkylation sites (tertiary alicyclic amines) is 2. The molecule has 0 aliphatic carbocycles. The zero-order valence-electron chi connectivity index (χ0n) is 56.4. The number of nitrogens with one attached hydrogen (secondary N) is 12. The summed E-state index contributed by atoms with van der Waals surface area (Å²) in [5.41, 5.74) is 33.4. The van der Waals surface area contributed by atoms with Crippen LogP contribution < -0.4 is 92.9 Å². The summed E-state index contributed by atoms with van der Waals surface area (Å²) >= 11 is 0. The Balaban J connectivity index is 2.36. The molecule has 2 fully saturated rings. The molecule has 2 aliphatic heterocycles. The molecular weight excluding hydrogens is 1260 g/mol. The maximum atomic E-state index is 14.6. The number of rotatable bonds is 43. The minimum Gasteiger partial charge on any atom is -0.480 e. The van der Waals surface area contributed by atoms with Crippen LogP contribution in [-0.2, 0) is 71.9 Å². The predicted molar refractivity (Wildman–Crippen MR) is 349 cm³/mol. The van der Waals surface area contributed by atoms with E-state index >= 15 is 0 Å². The van der Waals surface area contributed by atoms with Gasteiger partial charge in [0.25, 0.3) is 0 Å². The van der Waals surface area contributed by atoms with E-state index in [-0.39, 0.29) is 103 Å². The number of amides is 14. The van der Waals surface area contributed by atoms with Crippen molar-refractivity contribution in [2.24, 2.45) is 46.2 Å². The Morgan fingerprint density at radius 3 is 1.27 bits per heavy atom. The molecule has 0 aromatic rings. The average molecular weight is 1360 g/mol. The molecular formula is C60H106N20O16. The molecule has 0 aromatic carbocycles. The van der Waals surface area contributed by atoms with Crippen LogP contribution in [0.25, 0.3) is 0 Å². The number of carboxylic acids is 1. The van der Waals surface area contributed by atoms with Crippen LogP contribution in [0.2, 0.25) is 0 Å². The fourth-order valence-corrected chi connectivity index (χ4v) is 10.5. The predicted octanol–water partition coefficient (Wildman–Crippen LogP) is -6.33. The Labute approximate surface area is 559 Å².